The summed E-state index contributed by atoms with van der Waals surface area (Å²) in [6.07, 6.45) is 0. The molecule has 3 rings (SSSR count). The number of methoxy groups -OCH3 is 1. The number of nitrogens with one attached hydrogen (secondary N) is 2. The van der Waals surface area contributed by atoms with Crippen LogP contribution in [-0.4, -0.2) is 17.3 Å². The Balaban J connectivity index is 1.87. The fraction of sp³-hybridized carbons (Fsp3) is 0.0625. The zero-order valence-corrected chi connectivity index (χ0v) is 13.1. The number of quaternary nitrogens is 1. The first-order valence-corrected chi connectivity index (χ1v) is 7.74. The average Bonchev–Trinajstić information content (AvgIpc) is 3.03. The number of benzene rings is 2. The molecule has 0 saturated carbocycles. The Labute approximate surface area is 137 Å². The Bertz CT molecular complexity index is 790. The Morgan fingerprint density at radius 3 is 2.70 bits per heavy atom. The summed E-state index contributed by atoms with van der Waals surface area (Å²) in [6.45, 7) is 0. The number of anilines is 2. The third kappa shape index (κ3) is 3.49. The smallest absolute Gasteiger partial charge is 0.206 e. The highest BCUT2D eigenvalue weighted by molar-refractivity contribution is 7.14. The van der Waals surface area contributed by atoms with Gasteiger partial charge in [-0.15, -0.1) is 11.3 Å². The maximum absolute atomic E-state index is 11.3. The zero-order valence-electron chi connectivity index (χ0n) is 12.3. The lowest BCUT2D eigenvalue weighted by molar-refractivity contribution is -0.991. The van der Waals surface area contributed by atoms with Gasteiger partial charge in [0.05, 0.1) is 12.8 Å². The molecule has 0 aliphatic rings. The van der Waals surface area contributed by atoms with Crippen LogP contribution in [0.5, 0.6) is 5.75 Å². The van der Waals surface area contributed by atoms with E-state index in [1.165, 1.54) is 18.4 Å². The second-order valence-corrected chi connectivity index (χ2v) is 5.61. The van der Waals surface area contributed by atoms with E-state index in [1.807, 2.05) is 35.7 Å². The van der Waals surface area contributed by atoms with E-state index in [4.69, 9.17) is 4.74 Å². The molecular weight excluding hydrogens is 314 g/mol. The van der Waals surface area contributed by atoms with Gasteiger partial charge in [-0.2, -0.15) is 5.23 Å². The number of rotatable bonds is 5. The van der Waals surface area contributed by atoms with Gasteiger partial charge in [0.2, 0.25) is 5.69 Å². The molecule has 0 amide bonds. The lowest BCUT2D eigenvalue weighted by Crippen LogP contribution is -2.99. The van der Waals surface area contributed by atoms with E-state index in [1.54, 1.807) is 18.2 Å². The van der Waals surface area contributed by atoms with Crippen LogP contribution in [0.2, 0.25) is 0 Å². The van der Waals surface area contributed by atoms with Crippen molar-refractivity contribution in [2.24, 2.45) is 0 Å². The Morgan fingerprint density at radius 1 is 1.22 bits per heavy atom. The third-order valence-corrected chi connectivity index (χ3v) is 4.01. The largest absolute Gasteiger partial charge is 0.595 e. The summed E-state index contributed by atoms with van der Waals surface area (Å²) >= 11 is 1.46. The van der Waals surface area contributed by atoms with Crippen LogP contribution in [0, 0.1) is 5.21 Å². The fourth-order valence-electron chi connectivity index (χ4n) is 2.14. The van der Waals surface area contributed by atoms with Gasteiger partial charge in [0.25, 0.3) is 0 Å². The molecule has 7 heteroatoms. The molecule has 0 aliphatic carbocycles. The van der Waals surface area contributed by atoms with Gasteiger partial charge in [-0.05, 0) is 24.3 Å². The van der Waals surface area contributed by atoms with E-state index < -0.39 is 5.23 Å². The number of hydrogen-bond acceptors (Lipinski definition) is 6. The minimum Gasteiger partial charge on any atom is -0.595 e. The third-order valence-electron chi connectivity index (χ3n) is 3.25. The van der Waals surface area contributed by atoms with E-state index in [0.717, 1.165) is 22.1 Å². The van der Waals surface area contributed by atoms with Crippen LogP contribution in [0.3, 0.4) is 0 Å². The van der Waals surface area contributed by atoms with E-state index in [0.29, 0.717) is 5.75 Å². The van der Waals surface area contributed by atoms with E-state index in [2.05, 4.69) is 10.3 Å². The maximum atomic E-state index is 11.3. The molecule has 0 spiro atoms. The lowest BCUT2D eigenvalue weighted by atomic mass is 10.1. The number of aromatic nitrogens is 1. The van der Waals surface area contributed by atoms with Crippen molar-refractivity contribution in [3.8, 4) is 17.0 Å². The molecule has 0 saturated heterocycles. The highest BCUT2D eigenvalue weighted by Gasteiger charge is 2.13. The summed E-state index contributed by atoms with van der Waals surface area (Å²) in [4.78, 5) is 4.51. The molecule has 3 aromatic rings. The van der Waals surface area contributed by atoms with Crippen LogP contribution >= 0.6 is 11.3 Å². The van der Waals surface area contributed by atoms with Crippen molar-refractivity contribution in [1.29, 1.82) is 0 Å². The van der Waals surface area contributed by atoms with E-state index in [-0.39, 0.29) is 5.69 Å². The van der Waals surface area contributed by atoms with Crippen molar-refractivity contribution in [3.63, 3.8) is 0 Å². The van der Waals surface area contributed by atoms with Crippen molar-refractivity contribution in [1.82, 2.24) is 4.98 Å². The number of hydrogen-bond donors (Lipinski definition) is 3. The van der Waals surface area contributed by atoms with Gasteiger partial charge < -0.3 is 15.3 Å². The van der Waals surface area contributed by atoms with Crippen molar-refractivity contribution >= 4 is 27.8 Å². The molecule has 1 aromatic heterocycles. The molecule has 0 aliphatic heterocycles. The van der Waals surface area contributed by atoms with E-state index in [9.17, 15) is 10.4 Å². The topological polar surface area (TPSA) is 81.9 Å². The quantitative estimate of drug-likeness (QED) is 0.627. The summed E-state index contributed by atoms with van der Waals surface area (Å²) in [7, 11) is 1.45. The van der Waals surface area contributed by atoms with E-state index >= 15 is 0 Å². The van der Waals surface area contributed by atoms with Gasteiger partial charge in [-0.1, -0.05) is 18.2 Å². The van der Waals surface area contributed by atoms with Crippen molar-refractivity contribution in [2.75, 3.05) is 12.4 Å². The molecule has 1 heterocycles. The van der Waals surface area contributed by atoms with Gasteiger partial charge in [-0.25, -0.2) is 10.2 Å². The first kappa shape index (κ1) is 15.4. The number of para-hydroxylation sites is 1. The predicted octanol–water partition coefficient (Wildman–Crippen LogP) is 2.97. The summed E-state index contributed by atoms with van der Waals surface area (Å²) in [5.41, 5.74) is 2.53. The first-order chi connectivity index (χ1) is 11.2. The minimum atomic E-state index is -1.03. The predicted molar refractivity (Wildman–Crippen MR) is 89.6 cm³/mol. The number of nitrogens with zero attached hydrogens (tertiary/aromatic N) is 1. The number of ether oxygens (including phenoxy) is 1. The summed E-state index contributed by atoms with van der Waals surface area (Å²) in [6, 6.07) is 14.8. The Hall–Kier alpha value is -2.45. The lowest BCUT2D eigenvalue weighted by Gasteiger charge is -2.15. The van der Waals surface area contributed by atoms with Crippen molar-refractivity contribution in [2.45, 2.75) is 0 Å². The van der Waals surface area contributed by atoms with Crippen molar-refractivity contribution < 1.29 is 15.2 Å². The molecule has 0 radical (unpaired) electrons. The molecule has 118 valence electrons. The standard InChI is InChI=1S/C16H15N3O3S/c1-22-15-8-7-11(9-14(15)19(20)21)13-10-23-16(18-13)17-12-5-3-2-4-6-12/h2-10,19-20H,1H3,(H,17,18). The first-order valence-electron chi connectivity index (χ1n) is 6.86. The fourth-order valence-corrected chi connectivity index (χ4v) is 2.88. The zero-order chi connectivity index (χ0) is 16.2. The highest BCUT2D eigenvalue weighted by atomic mass is 32.1. The number of thiazole rings is 1. The molecule has 1 unspecified atom stereocenters. The molecule has 23 heavy (non-hydrogen) atoms. The summed E-state index contributed by atoms with van der Waals surface area (Å²) < 4.78 is 5.07. The molecule has 1 atom stereocenters. The van der Waals surface area contributed by atoms with Gasteiger partial charge in [0, 0.05) is 22.7 Å². The monoisotopic (exact) mass is 329 g/mol. The molecule has 0 bridgehead atoms. The van der Waals surface area contributed by atoms with Gasteiger partial charge >= 0.3 is 0 Å². The molecule has 6 nitrogen and oxygen atoms in total. The normalized spacial score (nSPS) is 12.0. The summed E-state index contributed by atoms with van der Waals surface area (Å²) in [5.74, 6) is 0.333. The SMILES string of the molecule is COc1ccc(-c2csc(Nc3ccccc3)n2)cc1[NH+]([O-])O. The second-order valence-electron chi connectivity index (χ2n) is 4.75. The summed E-state index contributed by atoms with van der Waals surface area (Å²) in [5, 5.41) is 25.4. The van der Waals surface area contributed by atoms with Gasteiger partial charge in [0.15, 0.2) is 10.9 Å². The maximum Gasteiger partial charge on any atom is 0.206 e. The molecule has 3 N–H and O–H groups in total. The Kier molecular flexibility index (Phi) is 4.54. The van der Waals surface area contributed by atoms with Crippen LogP contribution < -0.4 is 15.3 Å². The Morgan fingerprint density at radius 2 is 2.00 bits per heavy atom. The highest BCUT2D eigenvalue weighted by Crippen LogP contribution is 2.31. The van der Waals surface area contributed by atoms with Crippen LogP contribution in [-0.2, 0) is 0 Å². The van der Waals surface area contributed by atoms with Crippen LogP contribution in [0.1, 0.15) is 0 Å². The van der Waals surface area contributed by atoms with Gasteiger partial charge in [-0.3, -0.25) is 0 Å². The molecule has 2 aromatic carbocycles. The van der Waals surface area contributed by atoms with Crippen molar-refractivity contribution in [3.05, 3.63) is 59.1 Å². The molecule has 0 fully saturated rings. The molecular formula is C16H15N3O3S. The van der Waals surface area contributed by atoms with Crippen LogP contribution in [0.15, 0.2) is 53.9 Å². The van der Waals surface area contributed by atoms with Crippen LogP contribution in [0.25, 0.3) is 11.3 Å². The van der Waals surface area contributed by atoms with Crippen LogP contribution in [0.4, 0.5) is 16.5 Å². The second kappa shape index (κ2) is 6.76. The average molecular weight is 329 g/mol. The van der Waals surface area contributed by atoms with Gasteiger partial charge in [0.1, 0.15) is 0 Å². The minimum absolute atomic E-state index is 0.121.